The van der Waals surface area contributed by atoms with Gasteiger partial charge in [-0.15, -0.1) is 0 Å². The van der Waals surface area contributed by atoms with Crippen LogP contribution in [0, 0.1) is 11.3 Å². The van der Waals surface area contributed by atoms with Gasteiger partial charge in [0.1, 0.15) is 5.82 Å². The molecule has 7 heteroatoms. The van der Waals surface area contributed by atoms with E-state index in [0.29, 0.717) is 34.6 Å². The number of hydrogen-bond donors (Lipinski definition) is 0. The molecule has 2 fully saturated rings. The summed E-state index contributed by atoms with van der Waals surface area (Å²) in [7, 11) is 1.34. The lowest BCUT2D eigenvalue weighted by atomic mass is 9.83. The molecular weight excluding hydrogens is 402 g/mol. The normalized spacial score (nSPS) is 17.7. The minimum absolute atomic E-state index is 0.0998. The van der Waals surface area contributed by atoms with Crippen LogP contribution in [0.4, 0.5) is 5.82 Å². The second-order valence-electron chi connectivity index (χ2n) is 9.27. The van der Waals surface area contributed by atoms with Crippen LogP contribution in [0.3, 0.4) is 0 Å². The van der Waals surface area contributed by atoms with Crippen LogP contribution in [-0.4, -0.2) is 54.5 Å². The highest BCUT2D eigenvalue weighted by Crippen LogP contribution is 2.47. The lowest BCUT2D eigenvalue weighted by Crippen LogP contribution is -2.48. The minimum atomic E-state index is -0.447. The third-order valence-corrected chi connectivity index (χ3v) is 6.80. The van der Waals surface area contributed by atoms with Gasteiger partial charge in [-0.25, -0.2) is 9.78 Å². The van der Waals surface area contributed by atoms with E-state index in [1.165, 1.54) is 26.1 Å². The molecule has 0 radical (unpaired) electrons. The fraction of sp³-hybridized carbons (Fsp3) is 0.696. The third-order valence-electron chi connectivity index (χ3n) is 6.52. The van der Waals surface area contributed by atoms with E-state index in [1.54, 1.807) is 6.07 Å². The van der Waals surface area contributed by atoms with Gasteiger partial charge in [-0.3, -0.25) is 4.79 Å². The Hall–Kier alpha value is -1.82. The number of hydrogen-bond acceptors (Lipinski definition) is 5. The second-order valence-corrected chi connectivity index (χ2v) is 9.67. The van der Waals surface area contributed by atoms with Crippen LogP contribution < -0.4 is 4.90 Å². The molecule has 0 unspecified atom stereocenters. The van der Waals surface area contributed by atoms with Crippen molar-refractivity contribution in [3.63, 3.8) is 0 Å². The monoisotopic (exact) mass is 435 g/mol. The summed E-state index contributed by atoms with van der Waals surface area (Å²) in [4.78, 5) is 33.5. The molecule has 1 aromatic heterocycles. The molecular formula is C23H34ClN3O3. The fourth-order valence-corrected chi connectivity index (χ4v) is 4.82. The quantitative estimate of drug-likeness (QED) is 0.560. The topological polar surface area (TPSA) is 62.7 Å². The molecule has 1 saturated heterocycles. The van der Waals surface area contributed by atoms with Crippen molar-refractivity contribution in [3.05, 3.63) is 22.8 Å². The number of aromatic nitrogens is 1. The van der Waals surface area contributed by atoms with E-state index in [1.807, 2.05) is 0 Å². The molecule has 1 aliphatic heterocycles. The van der Waals surface area contributed by atoms with E-state index in [2.05, 4.69) is 35.6 Å². The van der Waals surface area contributed by atoms with E-state index >= 15 is 0 Å². The Balaban J connectivity index is 1.62. The van der Waals surface area contributed by atoms with Gasteiger partial charge in [0.2, 0.25) is 5.91 Å². The number of ether oxygens (including phenoxy) is 1. The van der Waals surface area contributed by atoms with Crippen LogP contribution in [0.5, 0.6) is 0 Å². The smallest absolute Gasteiger partial charge is 0.339 e. The zero-order valence-corrected chi connectivity index (χ0v) is 19.4. The van der Waals surface area contributed by atoms with Crippen molar-refractivity contribution in [1.29, 1.82) is 0 Å². The van der Waals surface area contributed by atoms with Crippen molar-refractivity contribution in [2.24, 2.45) is 11.3 Å². The third kappa shape index (κ3) is 5.26. The molecule has 2 heterocycles. The van der Waals surface area contributed by atoms with Gasteiger partial charge in [0.25, 0.3) is 0 Å². The first-order valence-electron chi connectivity index (χ1n) is 11.0. The van der Waals surface area contributed by atoms with Crippen molar-refractivity contribution in [1.82, 2.24) is 9.88 Å². The van der Waals surface area contributed by atoms with E-state index < -0.39 is 5.97 Å². The van der Waals surface area contributed by atoms with Crippen molar-refractivity contribution in [2.45, 2.75) is 65.3 Å². The number of halogens is 1. The maximum Gasteiger partial charge on any atom is 0.339 e. The molecule has 0 aromatic carbocycles. The zero-order valence-electron chi connectivity index (χ0n) is 18.6. The zero-order chi connectivity index (χ0) is 21.9. The molecule has 0 spiro atoms. The first kappa shape index (κ1) is 22.9. The Morgan fingerprint density at radius 1 is 1.27 bits per heavy atom. The molecule has 0 bridgehead atoms. The van der Waals surface area contributed by atoms with Gasteiger partial charge in [-0.05, 0) is 49.5 Å². The summed E-state index contributed by atoms with van der Waals surface area (Å²) in [5.74, 6) is 1.24. The number of carbonyl (C=O) groups is 2. The average Bonchev–Trinajstić information content (AvgIpc) is 3.57. The Morgan fingerprint density at radius 3 is 2.47 bits per heavy atom. The van der Waals surface area contributed by atoms with Gasteiger partial charge in [0.05, 0.1) is 17.7 Å². The van der Waals surface area contributed by atoms with Gasteiger partial charge in [0, 0.05) is 38.3 Å². The van der Waals surface area contributed by atoms with Crippen LogP contribution in [0.25, 0.3) is 0 Å². The molecule has 1 aliphatic carbocycles. The SMILES string of the molecule is CCCN(C(=O)CC(C)(C)C1CC1)C1CCN(c2ncc(C(=O)OC)cc2Cl)CC1. The summed E-state index contributed by atoms with van der Waals surface area (Å²) in [5.41, 5.74) is 0.446. The van der Waals surface area contributed by atoms with E-state index in [9.17, 15) is 9.59 Å². The number of pyridine rings is 1. The molecule has 6 nitrogen and oxygen atoms in total. The number of piperidine rings is 1. The number of amides is 1. The van der Waals surface area contributed by atoms with Crippen LogP contribution in [0.1, 0.15) is 69.7 Å². The molecule has 0 N–H and O–H groups in total. The Bertz CT molecular complexity index is 771. The van der Waals surface area contributed by atoms with Gasteiger partial charge < -0.3 is 14.5 Å². The largest absolute Gasteiger partial charge is 0.465 e. The summed E-state index contributed by atoms with van der Waals surface area (Å²) < 4.78 is 4.73. The van der Waals surface area contributed by atoms with Crippen molar-refractivity contribution < 1.29 is 14.3 Å². The molecule has 3 rings (SSSR count). The van der Waals surface area contributed by atoms with Gasteiger partial charge in [-0.2, -0.15) is 0 Å². The first-order chi connectivity index (χ1) is 14.3. The lowest BCUT2D eigenvalue weighted by molar-refractivity contribution is -0.136. The number of nitrogens with zero attached hydrogens (tertiary/aromatic N) is 3. The maximum atomic E-state index is 13.2. The number of methoxy groups -OCH3 is 1. The highest BCUT2D eigenvalue weighted by molar-refractivity contribution is 6.33. The Morgan fingerprint density at radius 2 is 1.93 bits per heavy atom. The lowest BCUT2D eigenvalue weighted by Gasteiger charge is -2.40. The highest BCUT2D eigenvalue weighted by atomic mass is 35.5. The number of esters is 1. The summed E-state index contributed by atoms with van der Waals surface area (Å²) in [6.07, 6.45) is 7.42. The van der Waals surface area contributed by atoms with Crippen molar-refractivity contribution >= 4 is 29.3 Å². The number of carbonyl (C=O) groups excluding carboxylic acids is 2. The molecule has 2 aliphatic rings. The molecule has 1 amide bonds. The Kier molecular flexibility index (Phi) is 7.27. The summed E-state index contributed by atoms with van der Waals surface area (Å²) in [6, 6.07) is 1.87. The number of anilines is 1. The van der Waals surface area contributed by atoms with Gasteiger partial charge in [-0.1, -0.05) is 32.4 Å². The van der Waals surface area contributed by atoms with Crippen molar-refractivity contribution in [2.75, 3.05) is 31.6 Å². The van der Waals surface area contributed by atoms with Crippen LogP contribution in [0.15, 0.2) is 12.3 Å². The summed E-state index contributed by atoms with van der Waals surface area (Å²) in [6.45, 7) is 9.00. The standard InChI is InChI=1S/C23H34ClN3O3/c1-5-10-27(20(28)14-23(2,3)17-6-7-17)18-8-11-26(12-9-18)21-19(24)13-16(15-25-21)22(29)30-4/h13,15,17-18H,5-12,14H2,1-4H3. The highest BCUT2D eigenvalue weighted by Gasteiger charge is 2.40. The predicted octanol–water partition coefficient (Wildman–Crippen LogP) is 4.56. The fourth-order valence-electron chi connectivity index (χ4n) is 4.53. The van der Waals surface area contributed by atoms with Gasteiger partial charge >= 0.3 is 5.97 Å². The molecule has 30 heavy (non-hydrogen) atoms. The molecule has 1 saturated carbocycles. The molecule has 166 valence electrons. The Labute approximate surface area is 184 Å². The summed E-state index contributed by atoms with van der Waals surface area (Å²) >= 11 is 6.39. The van der Waals surface area contributed by atoms with Crippen LogP contribution in [0.2, 0.25) is 5.02 Å². The van der Waals surface area contributed by atoms with Crippen LogP contribution >= 0.6 is 11.6 Å². The van der Waals surface area contributed by atoms with Gasteiger partial charge in [0.15, 0.2) is 0 Å². The van der Waals surface area contributed by atoms with Crippen molar-refractivity contribution in [3.8, 4) is 0 Å². The average molecular weight is 436 g/mol. The second kappa shape index (κ2) is 9.54. The first-order valence-corrected chi connectivity index (χ1v) is 11.4. The van der Waals surface area contributed by atoms with Crippen LogP contribution in [-0.2, 0) is 9.53 Å². The number of rotatable bonds is 8. The summed E-state index contributed by atoms with van der Waals surface area (Å²) in [5, 5.41) is 0.448. The predicted molar refractivity (Wildman–Crippen MR) is 119 cm³/mol. The van der Waals surface area contributed by atoms with E-state index in [4.69, 9.17) is 16.3 Å². The molecule has 1 aromatic rings. The maximum absolute atomic E-state index is 13.2. The van der Waals surface area contributed by atoms with E-state index in [-0.39, 0.29) is 11.5 Å². The minimum Gasteiger partial charge on any atom is -0.465 e. The molecule has 0 atom stereocenters. The van der Waals surface area contributed by atoms with E-state index in [0.717, 1.165) is 38.9 Å².